The van der Waals surface area contributed by atoms with Gasteiger partial charge < -0.3 is 4.74 Å². The van der Waals surface area contributed by atoms with Gasteiger partial charge in [-0.2, -0.15) is 5.10 Å². The van der Waals surface area contributed by atoms with Crippen LogP contribution in [0.3, 0.4) is 0 Å². The van der Waals surface area contributed by atoms with E-state index >= 15 is 0 Å². The number of halogens is 2. The summed E-state index contributed by atoms with van der Waals surface area (Å²) in [5.74, 6) is 0.0559. The molecule has 0 radical (unpaired) electrons. The zero-order valence-corrected chi connectivity index (χ0v) is 13.1. The number of carbonyl (C=O) groups excluding carboxylic acids is 1. The normalized spacial score (nSPS) is 10.6. The number of nitrogens with one attached hydrogen (secondary N) is 1. The summed E-state index contributed by atoms with van der Waals surface area (Å²) in [5, 5.41) is 4.23. The molecule has 0 aliphatic heterocycles. The Kier molecular flexibility index (Phi) is 5.71. The van der Waals surface area contributed by atoms with Crippen LogP contribution in [0.15, 0.2) is 52.3 Å². The molecule has 0 aliphatic carbocycles. The minimum absolute atomic E-state index is 0.175. The van der Waals surface area contributed by atoms with Crippen molar-refractivity contribution in [2.75, 3.05) is 6.61 Å². The zero-order valence-electron chi connectivity index (χ0n) is 10.8. The lowest BCUT2D eigenvalue weighted by atomic mass is 10.3. The van der Waals surface area contributed by atoms with Crippen LogP contribution >= 0.6 is 27.5 Å². The SMILES string of the molecule is O=C(COc1ccc(Br)cc1Cl)NN=Cc1cccnc1. The van der Waals surface area contributed by atoms with Crippen molar-refractivity contribution in [2.45, 2.75) is 0 Å². The van der Waals surface area contributed by atoms with E-state index in [-0.39, 0.29) is 12.5 Å². The zero-order chi connectivity index (χ0) is 15.1. The van der Waals surface area contributed by atoms with Gasteiger partial charge in [0.1, 0.15) is 5.75 Å². The summed E-state index contributed by atoms with van der Waals surface area (Å²) in [6.07, 6.45) is 4.79. The molecule has 0 saturated carbocycles. The molecule has 1 heterocycles. The Morgan fingerprint density at radius 1 is 1.48 bits per heavy atom. The van der Waals surface area contributed by atoms with Crippen LogP contribution in [0.25, 0.3) is 0 Å². The first-order valence-electron chi connectivity index (χ1n) is 5.95. The average Bonchev–Trinajstić information content (AvgIpc) is 2.47. The molecule has 1 aromatic heterocycles. The molecule has 0 unspecified atom stereocenters. The molecule has 2 aromatic rings. The molecule has 0 atom stereocenters. The highest BCUT2D eigenvalue weighted by Crippen LogP contribution is 2.27. The Morgan fingerprint density at radius 3 is 3.05 bits per heavy atom. The van der Waals surface area contributed by atoms with Gasteiger partial charge in [0.15, 0.2) is 6.61 Å². The van der Waals surface area contributed by atoms with Crippen LogP contribution in [0.4, 0.5) is 0 Å². The van der Waals surface area contributed by atoms with Crippen LogP contribution in [-0.2, 0) is 4.79 Å². The minimum atomic E-state index is -0.380. The monoisotopic (exact) mass is 367 g/mol. The van der Waals surface area contributed by atoms with Gasteiger partial charge in [0, 0.05) is 22.4 Å². The van der Waals surface area contributed by atoms with Gasteiger partial charge in [-0.15, -0.1) is 0 Å². The maximum atomic E-state index is 11.6. The Morgan fingerprint density at radius 2 is 2.33 bits per heavy atom. The van der Waals surface area contributed by atoms with Crippen molar-refractivity contribution in [2.24, 2.45) is 5.10 Å². The summed E-state index contributed by atoms with van der Waals surface area (Å²) in [7, 11) is 0. The predicted molar refractivity (Wildman–Crippen MR) is 84.6 cm³/mol. The van der Waals surface area contributed by atoms with Gasteiger partial charge in [0.2, 0.25) is 0 Å². The Labute approximate surface area is 135 Å². The second-order valence-corrected chi connectivity index (χ2v) is 5.27. The van der Waals surface area contributed by atoms with E-state index in [1.165, 1.54) is 6.21 Å². The molecule has 0 fully saturated rings. The quantitative estimate of drug-likeness (QED) is 0.652. The van der Waals surface area contributed by atoms with Crippen LogP contribution in [0.2, 0.25) is 5.02 Å². The number of carbonyl (C=O) groups is 1. The standard InChI is InChI=1S/C14H11BrClN3O2/c15-11-3-4-13(12(16)6-11)21-9-14(20)19-18-8-10-2-1-5-17-7-10/h1-8H,9H2,(H,19,20). The number of nitrogens with zero attached hydrogens (tertiary/aromatic N) is 2. The molecule has 0 aliphatic rings. The van der Waals surface area contributed by atoms with E-state index in [0.29, 0.717) is 10.8 Å². The van der Waals surface area contributed by atoms with Crippen molar-refractivity contribution in [3.05, 3.63) is 57.8 Å². The average molecular weight is 369 g/mol. The first-order chi connectivity index (χ1) is 10.1. The van der Waals surface area contributed by atoms with Crippen molar-refractivity contribution in [3.8, 4) is 5.75 Å². The highest BCUT2D eigenvalue weighted by Gasteiger charge is 2.05. The van der Waals surface area contributed by atoms with E-state index in [0.717, 1.165) is 10.0 Å². The molecule has 0 bridgehead atoms. The maximum absolute atomic E-state index is 11.6. The third kappa shape index (κ3) is 5.17. The van der Waals surface area contributed by atoms with Crippen molar-refractivity contribution in [3.63, 3.8) is 0 Å². The fourth-order valence-corrected chi connectivity index (χ4v) is 2.13. The van der Waals surface area contributed by atoms with Gasteiger partial charge in [0.25, 0.3) is 5.91 Å². The summed E-state index contributed by atoms with van der Waals surface area (Å²) in [6.45, 7) is -0.175. The van der Waals surface area contributed by atoms with Crippen molar-refractivity contribution < 1.29 is 9.53 Å². The van der Waals surface area contributed by atoms with Crippen LogP contribution < -0.4 is 10.2 Å². The number of benzene rings is 1. The third-order valence-corrected chi connectivity index (χ3v) is 3.13. The third-order valence-electron chi connectivity index (χ3n) is 2.34. The number of amides is 1. The molecule has 21 heavy (non-hydrogen) atoms. The number of rotatable bonds is 5. The number of hydrogen-bond donors (Lipinski definition) is 1. The van der Waals surface area contributed by atoms with Crippen LogP contribution in [0.5, 0.6) is 5.75 Å². The smallest absolute Gasteiger partial charge is 0.277 e. The first kappa shape index (κ1) is 15.5. The van der Waals surface area contributed by atoms with E-state index in [1.807, 2.05) is 6.07 Å². The van der Waals surface area contributed by atoms with Gasteiger partial charge in [-0.05, 0) is 24.3 Å². The number of hydrazone groups is 1. The minimum Gasteiger partial charge on any atom is -0.482 e. The summed E-state index contributed by atoms with van der Waals surface area (Å²) >= 11 is 9.26. The lowest BCUT2D eigenvalue weighted by Crippen LogP contribution is -2.24. The molecule has 2 rings (SSSR count). The second kappa shape index (κ2) is 7.75. The second-order valence-electron chi connectivity index (χ2n) is 3.94. The van der Waals surface area contributed by atoms with Crippen molar-refractivity contribution in [1.29, 1.82) is 0 Å². The lowest BCUT2D eigenvalue weighted by Gasteiger charge is -2.07. The largest absolute Gasteiger partial charge is 0.482 e. The molecule has 1 N–H and O–H groups in total. The number of pyridine rings is 1. The highest BCUT2D eigenvalue weighted by atomic mass is 79.9. The van der Waals surface area contributed by atoms with E-state index in [2.05, 4.69) is 31.4 Å². The van der Waals surface area contributed by atoms with E-state index < -0.39 is 0 Å². The maximum Gasteiger partial charge on any atom is 0.277 e. The Bertz CT molecular complexity index is 650. The van der Waals surface area contributed by atoms with Crippen LogP contribution in [0.1, 0.15) is 5.56 Å². The molecule has 1 aromatic carbocycles. The fraction of sp³-hybridized carbons (Fsp3) is 0.0714. The van der Waals surface area contributed by atoms with Crippen LogP contribution in [-0.4, -0.2) is 23.7 Å². The Hall–Kier alpha value is -1.92. The molecule has 1 amide bonds. The molecule has 0 spiro atoms. The number of aromatic nitrogens is 1. The van der Waals surface area contributed by atoms with E-state index in [4.69, 9.17) is 16.3 Å². The molecule has 108 valence electrons. The number of hydrogen-bond acceptors (Lipinski definition) is 4. The van der Waals surface area contributed by atoms with Gasteiger partial charge in [0.05, 0.1) is 11.2 Å². The first-order valence-corrected chi connectivity index (χ1v) is 7.12. The van der Waals surface area contributed by atoms with Gasteiger partial charge >= 0.3 is 0 Å². The van der Waals surface area contributed by atoms with Crippen LogP contribution in [0, 0.1) is 0 Å². The van der Waals surface area contributed by atoms with E-state index in [9.17, 15) is 4.79 Å². The van der Waals surface area contributed by atoms with Crippen molar-refractivity contribution in [1.82, 2.24) is 10.4 Å². The van der Waals surface area contributed by atoms with Crippen molar-refractivity contribution >= 4 is 39.7 Å². The molecule has 5 nitrogen and oxygen atoms in total. The summed E-state index contributed by atoms with van der Waals surface area (Å²) in [6, 6.07) is 8.75. The Balaban J connectivity index is 1.81. The number of ether oxygens (including phenoxy) is 1. The van der Waals surface area contributed by atoms with Gasteiger partial charge in [-0.3, -0.25) is 9.78 Å². The molecule has 7 heteroatoms. The highest BCUT2D eigenvalue weighted by molar-refractivity contribution is 9.10. The van der Waals surface area contributed by atoms with Gasteiger partial charge in [-0.25, -0.2) is 5.43 Å². The fourth-order valence-electron chi connectivity index (χ4n) is 1.40. The summed E-state index contributed by atoms with van der Waals surface area (Å²) in [5.41, 5.74) is 3.14. The summed E-state index contributed by atoms with van der Waals surface area (Å²) in [4.78, 5) is 15.5. The summed E-state index contributed by atoms with van der Waals surface area (Å²) < 4.78 is 6.14. The predicted octanol–water partition coefficient (Wildman–Crippen LogP) is 3.03. The van der Waals surface area contributed by atoms with E-state index in [1.54, 1.807) is 36.7 Å². The lowest BCUT2D eigenvalue weighted by molar-refractivity contribution is -0.123. The molecule has 0 saturated heterocycles. The molecular formula is C14H11BrClN3O2. The van der Waals surface area contributed by atoms with Gasteiger partial charge in [-0.1, -0.05) is 33.6 Å². The topological polar surface area (TPSA) is 63.6 Å². The molecular weight excluding hydrogens is 358 g/mol.